The molecule has 0 radical (unpaired) electrons. The monoisotopic (exact) mass is 362 g/mol. The molecular weight excluding hydrogens is 328 g/mol. The van der Waals surface area contributed by atoms with Crippen molar-refractivity contribution < 1.29 is 9.47 Å². The first-order chi connectivity index (χ1) is 12.6. The molecule has 1 heterocycles. The number of morpholine rings is 1. The van der Waals surface area contributed by atoms with Crippen molar-refractivity contribution in [3.8, 4) is 5.75 Å². The van der Waals surface area contributed by atoms with Crippen LogP contribution in [0.5, 0.6) is 5.75 Å². The van der Waals surface area contributed by atoms with Crippen molar-refractivity contribution in [2.24, 2.45) is 10.9 Å². The number of ether oxygens (including phenoxy) is 2. The van der Waals surface area contributed by atoms with Gasteiger partial charge in [-0.1, -0.05) is 26.0 Å². The Labute approximate surface area is 158 Å². The minimum absolute atomic E-state index is 0.371. The minimum Gasteiger partial charge on any atom is -0.492 e. The summed E-state index contributed by atoms with van der Waals surface area (Å²) in [5.74, 6) is 2.29. The molecule has 0 bridgehead atoms. The van der Waals surface area contributed by atoms with Gasteiger partial charge in [0.25, 0.3) is 0 Å². The maximum Gasteiger partial charge on any atom is 0.191 e. The number of hydrogen-bond donors (Lipinski definition) is 2. The number of rotatable bonds is 8. The topological polar surface area (TPSA) is 58.1 Å². The van der Waals surface area contributed by atoms with E-state index in [1.165, 1.54) is 5.56 Å². The molecule has 1 aliphatic heterocycles. The molecule has 0 saturated carbocycles. The molecule has 1 aliphatic rings. The van der Waals surface area contributed by atoms with E-state index in [2.05, 4.69) is 53.4 Å². The second kappa shape index (κ2) is 11.0. The van der Waals surface area contributed by atoms with Gasteiger partial charge in [0, 0.05) is 39.3 Å². The van der Waals surface area contributed by atoms with Crippen molar-refractivity contribution in [3.63, 3.8) is 0 Å². The Hall–Kier alpha value is -1.79. The maximum atomic E-state index is 5.92. The van der Waals surface area contributed by atoms with Crippen LogP contribution in [0.25, 0.3) is 0 Å². The van der Waals surface area contributed by atoms with Crippen molar-refractivity contribution >= 4 is 5.96 Å². The van der Waals surface area contributed by atoms with Crippen molar-refractivity contribution in [1.82, 2.24) is 15.5 Å². The second-order valence-corrected chi connectivity index (χ2v) is 7.05. The lowest BCUT2D eigenvalue weighted by Crippen LogP contribution is -2.43. The molecular formula is C20H34N4O2. The molecule has 146 valence electrons. The molecule has 2 N–H and O–H groups in total. The highest BCUT2D eigenvalue weighted by molar-refractivity contribution is 5.79. The summed E-state index contributed by atoms with van der Waals surface area (Å²) in [6, 6.07) is 8.60. The van der Waals surface area contributed by atoms with Crippen LogP contribution in [0.2, 0.25) is 0 Å². The smallest absolute Gasteiger partial charge is 0.191 e. The lowest BCUT2D eigenvalue weighted by molar-refractivity contribution is 0.0322. The Morgan fingerprint density at radius 1 is 1.27 bits per heavy atom. The van der Waals surface area contributed by atoms with E-state index >= 15 is 0 Å². The van der Waals surface area contributed by atoms with Gasteiger partial charge in [-0.15, -0.1) is 0 Å². The largest absolute Gasteiger partial charge is 0.492 e. The molecule has 6 nitrogen and oxygen atoms in total. The fourth-order valence-electron chi connectivity index (χ4n) is 2.63. The van der Waals surface area contributed by atoms with Gasteiger partial charge in [-0.25, -0.2) is 0 Å². The van der Waals surface area contributed by atoms with E-state index in [4.69, 9.17) is 9.47 Å². The first-order valence-corrected chi connectivity index (χ1v) is 9.57. The van der Waals surface area contributed by atoms with E-state index in [0.29, 0.717) is 25.1 Å². The molecule has 1 aromatic rings. The van der Waals surface area contributed by atoms with Gasteiger partial charge >= 0.3 is 0 Å². The van der Waals surface area contributed by atoms with Crippen LogP contribution in [0.4, 0.5) is 0 Å². The van der Waals surface area contributed by atoms with Crippen LogP contribution < -0.4 is 15.4 Å². The van der Waals surface area contributed by atoms with Crippen LogP contribution >= 0.6 is 0 Å². The quantitative estimate of drug-likeness (QED) is 0.548. The highest BCUT2D eigenvalue weighted by Crippen LogP contribution is 2.13. The summed E-state index contributed by atoms with van der Waals surface area (Å²) in [5, 5.41) is 6.78. The van der Waals surface area contributed by atoms with Gasteiger partial charge in [0.2, 0.25) is 0 Å². The number of nitrogens with zero attached hydrogens (tertiary/aromatic N) is 2. The lowest BCUT2D eigenvalue weighted by Gasteiger charge is -2.26. The van der Waals surface area contributed by atoms with Crippen molar-refractivity contribution in [2.75, 3.05) is 46.5 Å². The molecule has 6 heteroatoms. The van der Waals surface area contributed by atoms with Crippen LogP contribution in [0.3, 0.4) is 0 Å². The molecule has 0 aromatic heterocycles. The predicted molar refractivity (Wildman–Crippen MR) is 107 cm³/mol. The summed E-state index contributed by atoms with van der Waals surface area (Å²) in [6.45, 7) is 12.6. The Bertz CT molecular complexity index is 556. The van der Waals surface area contributed by atoms with Crippen LogP contribution in [0, 0.1) is 5.92 Å². The normalized spacial score (nSPS) is 17.2. The summed E-state index contributed by atoms with van der Waals surface area (Å²) in [6.07, 6.45) is 0. The number of benzene rings is 1. The van der Waals surface area contributed by atoms with Crippen molar-refractivity contribution in [3.05, 3.63) is 29.8 Å². The third-order valence-electron chi connectivity index (χ3n) is 4.73. The molecule has 1 atom stereocenters. The molecule has 0 amide bonds. The Morgan fingerprint density at radius 3 is 2.73 bits per heavy atom. The fourth-order valence-corrected chi connectivity index (χ4v) is 2.63. The summed E-state index contributed by atoms with van der Waals surface area (Å²) in [7, 11) is 1.80. The van der Waals surface area contributed by atoms with Gasteiger partial charge in [-0.05, 0) is 30.5 Å². The van der Waals surface area contributed by atoms with E-state index in [0.717, 1.165) is 44.6 Å². The van der Waals surface area contributed by atoms with Crippen LogP contribution in [-0.2, 0) is 11.3 Å². The molecule has 1 unspecified atom stereocenters. The van der Waals surface area contributed by atoms with Crippen molar-refractivity contribution in [1.29, 1.82) is 0 Å². The molecule has 0 aliphatic carbocycles. The van der Waals surface area contributed by atoms with Crippen molar-refractivity contribution in [2.45, 2.75) is 33.4 Å². The van der Waals surface area contributed by atoms with Gasteiger partial charge in [0.1, 0.15) is 12.4 Å². The third-order valence-corrected chi connectivity index (χ3v) is 4.73. The van der Waals surface area contributed by atoms with Gasteiger partial charge in [0.05, 0.1) is 13.2 Å². The predicted octanol–water partition coefficient (Wildman–Crippen LogP) is 2.11. The van der Waals surface area contributed by atoms with Crippen LogP contribution in [0.1, 0.15) is 26.3 Å². The molecule has 26 heavy (non-hydrogen) atoms. The van der Waals surface area contributed by atoms with Gasteiger partial charge < -0.3 is 20.1 Å². The highest BCUT2D eigenvalue weighted by atomic mass is 16.5. The first kappa shape index (κ1) is 20.5. The zero-order chi connectivity index (χ0) is 18.8. The average Bonchev–Trinajstić information content (AvgIpc) is 2.66. The maximum absolute atomic E-state index is 5.92. The summed E-state index contributed by atoms with van der Waals surface area (Å²) in [4.78, 5) is 6.67. The molecule has 2 rings (SSSR count). The van der Waals surface area contributed by atoms with E-state index < -0.39 is 0 Å². The number of guanidine groups is 1. The second-order valence-electron chi connectivity index (χ2n) is 7.05. The van der Waals surface area contributed by atoms with Gasteiger partial charge in [-0.3, -0.25) is 9.89 Å². The lowest BCUT2D eigenvalue weighted by atomic mass is 10.1. The number of aliphatic imine (C=N–C) groups is 1. The fraction of sp³-hybridized carbons (Fsp3) is 0.650. The zero-order valence-electron chi connectivity index (χ0n) is 16.6. The molecule has 1 saturated heterocycles. The SMILES string of the molecule is CN=C(NCc1cccc(OCCN2CCOCC2)c1)NC(C)C(C)C. The van der Waals surface area contributed by atoms with Gasteiger partial charge in [0.15, 0.2) is 5.96 Å². The Morgan fingerprint density at radius 2 is 2.04 bits per heavy atom. The van der Waals surface area contributed by atoms with Crippen LogP contribution in [0.15, 0.2) is 29.3 Å². The number of nitrogens with one attached hydrogen (secondary N) is 2. The highest BCUT2D eigenvalue weighted by Gasteiger charge is 2.10. The summed E-state index contributed by atoms with van der Waals surface area (Å²) < 4.78 is 11.3. The summed E-state index contributed by atoms with van der Waals surface area (Å²) >= 11 is 0. The Balaban J connectivity index is 1.76. The zero-order valence-corrected chi connectivity index (χ0v) is 16.6. The van der Waals surface area contributed by atoms with E-state index in [1.807, 2.05) is 12.1 Å². The Kier molecular flexibility index (Phi) is 8.71. The van der Waals surface area contributed by atoms with Crippen LogP contribution in [-0.4, -0.2) is 63.4 Å². The van der Waals surface area contributed by atoms with E-state index in [1.54, 1.807) is 7.05 Å². The van der Waals surface area contributed by atoms with Gasteiger partial charge in [-0.2, -0.15) is 0 Å². The molecule has 1 aromatic carbocycles. The minimum atomic E-state index is 0.371. The average molecular weight is 363 g/mol. The molecule has 1 fully saturated rings. The molecule has 0 spiro atoms. The van der Waals surface area contributed by atoms with E-state index in [-0.39, 0.29) is 0 Å². The third kappa shape index (κ3) is 7.22. The number of hydrogen-bond acceptors (Lipinski definition) is 4. The first-order valence-electron chi connectivity index (χ1n) is 9.57. The van der Waals surface area contributed by atoms with E-state index in [9.17, 15) is 0 Å². The summed E-state index contributed by atoms with van der Waals surface area (Å²) in [5.41, 5.74) is 1.18. The standard InChI is InChI=1S/C20H34N4O2/c1-16(2)17(3)23-20(21-4)22-15-18-6-5-7-19(14-18)26-13-10-24-8-11-25-12-9-24/h5-7,14,16-17H,8-13,15H2,1-4H3,(H2,21,22,23).